The summed E-state index contributed by atoms with van der Waals surface area (Å²) in [6, 6.07) is 5.20. The van der Waals surface area contributed by atoms with Gasteiger partial charge in [-0.15, -0.1) is 0 Å². The number of morpholine rings is 1. The van der Waals surface area contributed by atoms with Crippen LogP contribution in [0.1, 0.15) is 38.1 Å². The average Bonchev–Trinajstić information content (AvgIpc) is 2.24. The molecule has 110 valence electrons. The van der Waals surface area contributed by atoms with Gasteiger partial charge in [0.1, 0.15) is 0 Å². The molecule has 1 heterocycles. The molecule has 0 radical (unpaired) electrons. The van der Waals surface area contributed by atoms with Crippen LogP contribution in [0.3, 0.4) is 0 Å². The first-order valence-electron chi connectivity index (χ1n) is 6.74. The molecule has 4 N–H and O–H groups in total. The van der Waals surface area contributed by atoms with Gasteiger partial charge in [-0.1, -0.05) is 0 Å². The van der Waals surface area contributed by atoms with Crippen molar-refractivity contribution in [1.82, 2.24) is 0 Å². The van der Waals surface area contributed by atoms with E-state index in [-0.39, 0.29) is 11.2 Å². The third-order valence-electron chi connectivity index (χ3n) is 3.35. The third kappa shape index (κ3) is 3.04. The van der Waals surface area contributed by atoms with E-state index >= 15 is 0 Å². The number of nitrogens with zero attached hydrogens (tertiary/aromatic N) is 1. The van der Waals surface area contributed by atoms with E-state index in [0.29, 0.717) is 11.3 Å². The van der Waals surface area contributed by atoms with E-state index in [2.05, 4.69) is 32.6 Å². The standard InChI is InChI=1S/C15H23N3O2/c1-14(2)8-18(9-15(3,4)20-14)12-6-5-10(13(17)19)7-11(12)16/h5-7H,8-9,16H2,1-4H3,(H2,17,19). The number of benzene rings is 1. The lowest BCUT2D eigenvalue weighted by Crippen LogP contribution is -2.57. The number of primary amides is 1. The molecule has 0 atom stereocenters. The van der Waals surface area contributed by atoms with Gasteiger partial charge in [0.25, 0.3) is 0 Å². The van der Waals surface area contributed by atoms with Crippen LogP contribution in [0.25, 0.3) is 0 Å². The van der Waals surface area contributed by atoms with Crippen LogP contribution in [0.15, 0.2) is 18.2 Å². The Morgan fingerprint density at radius 2 is 1.75 bits per heavy atom. The Balaban J connectivity index is 2.34. The second kappa shape index (κ2) is 4.66. The zero-order chi connectivity index (χ0) is 15.1. The zero-order valence-electron chi connectivity index (χ0n) is 12.6. The molecule has 5 heteroatoms. The van der Waals surface area contributed by atoms with E-state index in [0.717, 1.165) is 18.8 Å². The van der Waals surface area contributed by atoms with E-state index in [9.17, 15) is 4.79 Å². The van der Waals surface area contributed by atoms with E-state index in [1.807, 2.05) is 6.07 Å². The lowest BCUT2D eigenvalue weighted by atomic mass is 9.98. The highest BCUT2D eigenvalue weighted by molar-refractivity contribution is 5.94. The highest BCUT2D eigenvalue weighted by Crippen LogP contribution is 2.34. The van der Waals surface area contributed by atoms with Gasteiger partial charge in [-0.3, -0.25) is 4.79 Å². The molecule has 0 aromatic heterocycles. The predicted molar refractivity (Wildman–Crippen MR) is 80.8 cm³/mol. The van der Waals surface area contributed by atoms with Crippen molar-refractivity contribution in [3.63, 3.8) is 0 Å². The summed E-state index contributed by atoms with van der Waals surface area (Å²) >= 11 is 0. The average molecular weight is 277 g/mol. The van der Waals surface area contributed by atoms with Crippen molar-refractivity contribution in [1.29, 1.82) is 0 Å². The number of hydrogen-bond acceptors (Lipinski definition) is 4. The summed E-state index contributed by atoms with van der Waals surface area (Å²) < 4.78 is 6.06. The quantitative estimate of drug-likeness (QED) is 0.807. The predicted octanol–water partition coefficient (Wildman–Crippen LogP) is 1.76. The minimum atomic E-state index is -0.467. The van der Waals surface area contributed by atoms with Gasteiger partial charge in [-0.2, -0.15) is 0 Å². The maximum absolute atomic E-state index is 11.2. The number of amides is 1. The summed E-state index contributed by atoms with van der Waals surface area (Å²) in [7, 11) is 0. The Kier molecular flexibility index (Phi) is 3.42. The molecule has 0 aliphatic carbocycles. The van der Waals surface area contributed by atoms with Crippen LogP contribution in [-0.4, -0.2) is 30.2 Å². The Labute approximate surface area is 119 Å². The third-order valence-corrected chi connectivity index (χ3v) is 3.35. The number of rotatable bonds is 2. The largest absolute Gasteiger partial charge is 0.397 e. The van der Waals surface area contributed by atoms with Crippen LogP contribution in [0, 0.1) is 0 Å². The minimum absolute atomic E-state index is 0.253. The summed E-state index contributed by atoms with van der Waals surface area (Å²) in [5.41, 5.74) is 12.7. The SMILES string of the molecule is CC1(C)CN(c2ccc(C(N)=O)cc2N)CC(C)(C)O1. The summed E-state index contributed by atoms with van der Waals surface area (Å²) in [6.45, 7) is 9.75. The normalized spacial score (nSPS) is 20.7. The molecule has 1 saturated heterocycles. The number of hydrogen-bond donors (Lipinski definition) is 2. The number of carbonyl (C=O) groups excluding carboxylic acids is 1. The second-order valence-corrected chi connectivity index (χ2v) is 6.62. The van der Waals surface area contributed by atoms with Crippen molar-refractivity contribution in [2.45, 2.75) is 38.9 Å². The first-order chi connectivity index (χ1) is 9.10. The monoisotopic (exact) mass is 277 g/mol. The molecule has 1 aliphatic heterocycles. The topological polar surface area (TPSA) is 81.6 Å². The van der Waals surface area contributed by atoms with Crippen LogP contribution in [-0.2, 0) is 4.74 Å². The van der Waals surface area contributed by atoms with Gasteiger partial charge in [0.2, 0.25) is 5.91 Å². The maximum Gasteiger partial charge on any atom is 0.248 e. The first-order valence-corrected chi connectivity index (χ1v) is 6.74. The number of ether oxygens (including phenoxy) is 1. The van der Waals surface area contributed by atoms with Crippen LogP contribution in [0.2, 0.25) is 0 Å². The first kappa shape index (κ1) is 14.7. The fraction of sp³-hybridized carbons (Fsp3) is 0.533. The molecule has 2 rings (SSSR count). The lowest BCUT2D eigenvalue weighted by Gasteiger charge is -2.48. The lowest BCUT2D eigenvalue weighted by molar-refractivity contribution is -0.133. The Bertz CT molecular complexity index is 522. The fourth-order valence-corrected chi connectivity index (χ4v) is 2.95. The van der Waals surface area contributed by atoms with Gasteiger partial charge in [0, 0.05) is 18.7 Å². The summed E-state index contributed by atoms with van der Waals surface area (Å²) in [4.78, 5) is 13.4. The molecule has 0 spiro atoms. The highest BCUT2D eigenvalue weighted by atomic mass is 16.5. The molecule has 1 aromatic rings. The van der Waals surface area contributed by atoms with Crippen molar-refractivity contribution < 1.29 is 9.53 Å². The van der Waals surface area contributed by atoms with Crippen LogP contribution in [0.4, 0.5) is 11.4 Å². The van der Waals surface area contributed by atoms with Crippen molar-refractivity contribution in [3.05, 3.63) is 23.8 Å². The molecule has 1 fully saturated rings. The molecule has 5 nitrogen and oxygen atoms in total. The summed E-state index contributed by atoms with van der Waals surface area (Å²) in [5, 5.41) is 0. The fourth-order valence-electron chi connectivity index (χ4n) is 2.95. The van der Waals surface area contributed by atoms with E-state index in [1.54, 1.807) is 12.1 Å². The maximum atomic E-state index is 11.2. The van der Waals surface area contributed by atoms with Gasteiger partial charge in [-0.25, -0.2) is 0 Å². The second-order valence-electron chi connectivity index (χ2n) is 6.62. The number of carbonyl (C=O) groups is 1. The van der Waals surface area contributed by atoms with Gasteiger partial charge < -0.3 is 21.1 Å². The molecular formula is C15H23N3O2. The number of nitrogens with two attached hydrogens (primary N) is 2. The van der Waals surface area contributed by atoms with Gasteiger partial charge in [0.15, 0.2) is 0 Å². The molecule has 0 bridgehead atoms. The van der Waals surface area contributed by atoms with E-state index in [4.69, 9.17) is 16.2 Å². The van der Waals surface area contributed by atoms with E-state index < -0.39 is 5.91 Å². The molecule has 0 saturated carbocycles. The van der Waals surface area contributed by atoms with Crippen molar-refractivity contribution >= 4 is 17.3 Å². The zero-order valence-corrected chi connectivity index (χ0v) is 12.6. The van der Waals surface area contributed by atoms with Gasteiger partial charge in [-0.05, 0) is 45.9 Å². The van der Waals surface area contributed by atoms with Gasteiger partial charge >= 0.3 is 0 Å². The molecule has 1 aliphatic rings. The molecular weight excluding hydrogens is 254 g/mol. The van der Waals surface area contributed by atoms with E-state index in [1.165, 1.54) is 0 Å². The molecule has 20 heavy (non-hydrogen) atoms. The summed E-state index contributed by atoms with van der Waals surface area (Å²) in [6.07, 6.45) is 0. The van der Waals surface area contributed by atoms with Crippen LogP contribution < -0.4 is 16.4 Å². The van der Waals surface area contributed by atoms with Crippen molar-refractivity contribution in [3.8, 4) is 0 Å². The Morgan fingerprint density at radius 1 is 1.20 bits per heavy atom. The molecule has 1 amide bonds. The minimum Gasteiger partial charge on any atom is -0.397 e. The van der Waals surface area contributed by atoms with Crippen molar-refractivity contribution in [2.24, 2.45) is 5.73 Å². The Hall–Kier alpha value is -1.75. The van der Waals surface area contributed by atoms with Crippen molar-refractivity contribution in [2.75, 3.05) is 23.7 Å². The van der Waals surface area contributed by atoms with Gasteiger partial charge in [0.05, 0.1) is 22.6 Å². The Morgan fingerprint density at radius 3 is 2.20 bits per heavy atom. The number of anilines is 2. The number of nitrogen functional groups attached to an aromatic ring is 1. The van der Waals surface area contributed by atoms with Crippen LogP contribution in [0.5, 0.6) is 0 Å². The molecule has 0 unspecified atom stereocenters. The summed E-state index contributed by atoms with van der Waals surface area (Å²) in [5.74, 6) is -0.467. The highest BCUT2D eigenvalue weighted by Gasteiger charge is 2.38. The van der Waals surface area contributed by atoms with Crippen LogP contribution >= 0.6 is 0 Å². The smallest absolute Gasteiger partial charge is 0.248 e. The molecule has 1 aromatic carbocycles.